The molecular weight excluding hydrogens is 511 g/mol. The maximum atomic E-state index is 10.7. The summed E-state index contributed by atoms with van der Waals surface area (Å²) < 4.78 is 7.43. The van der Waals surface area contributed by atoms with Crippen LogP contribution in [0.1, 0.15) is 11.1 Å². The summed E-state index contributed by atoms with van der Waals surface area (Å²) in [5, 5.41) is 11.4. The van der Waals surface area contributed by atoms with Crippen LogP contribution in [0, 0.1) is 10.1 Å². The number of nitro benzene ring substituents is 1. The molecule has 0 bridgehead atoms. The molecule has 0 heterocycles. The topological polar surface area (TPSA) is 64.7 Å². The molecule has 0 atom stereocenters. The summed E-state index contributed by atoms with van der Waals surface area (Å²) in [4.78, 5) is 14.6. The molecule has 0 unspecified atom stereocenters. The van der Waals surface area contributed by atoms with Gasteiger partial charge in [-0.3, -0.25) is 15.1 Å². The second-order valence-electron chi connectivity index (χ2n) is 5.73. The molecule has 0 aliphatic heterocycles. The summed E-state index contributed by atoms with van der Waals surface area (Å²) in [5.41, 5.74) is 2.38. The number of benzene rings is 3. The quantitative estimate of drug-likeness (QED) is 0.196. The van der Waals surface area contributed by atoms with Gasteiger partial charge in [0.2, 0.25) is 0 Å². The van der Waals surface area contributed by atoms with E-state index in [1.807, 2.05) is 36.4 Å². The second kappa shape index (κ2) is 9.32. The summed E-state index contributed by atoms with van der Waals surface area (Å²) in [6, 6.07) is 17.3. The number of rotatable bonds is 6. The zero-order valence-electron chi connectivity index (χ0n) is 14.3. The fourth-order valence-corrected chi connectivity index (χ4v) is 4.01. The number of nitrogens with zero attached hydrogens (tertiary/aromatic N) is 2. The molecule has 5 nitrogen and oxygen atoms in total. The summed E-state index contributed by atoms with van der Waals surface area (Å²) >= 11 is 13.2. The van der Waals surface area contributed by atoms with Crippen LogP contribution >= 0.6 is 43.5 Å². The van der Waals surface area contributed by atoms with Crippen LogP contribution < -0.4 is 4.74 Å². The maximum Gasteiger partial charge on any atom is 0.269 e. The highest BCUT2D eigenvalue weighted by molar-refractivity contribution is 9.11. The van der Waals surface area contributed by atoms with Crippen molar-refractivity contribution in [2.24, 2.45) is 4.99 Å². The normalized spacial score (nSPS) is 11.0. The molecule has 3 rings (SSSR count). The monoisotopic (exact) mass is 522 g/mol. The molecule has 3 aromatic rings. The van der Waals surface area contributed by atoms with Crippen molar-refractivity contribution in [3.63, 3.8) is 0 Å². The lowest BCUT2D eigenvalue weighted by Gasteiger charge is -2.12. The third kappa shape index (κ3) is 5.19. The molecule has 0 saturated heterocycles. The molecule has 0 radical (unpaired) electrons. The van der Waals surface area contributed by atoms with Gasteiger partial charge in [-0.15, -0.1) is 0 Å². The number of nitro groups is 1. The highest BCUT2D eigenvalue weighted by Gasteiger charge is 2.10. The SMILES string of the molecule is O=[N+]([O-])c1ccc(N=Cc2cc(Br)c(OCc3ccccc3Cl)c(Br)c2)cc1. The van der Waals surface area contributed by atoms with Gasteiger partial charge in [-0.05, 0) is 67.8 Å². The van der Waals surface area contributed by atoms with Crippen molar-refractivity contribution >= 4 is 61.1 Å². The minimum absolute atomic E-state index is 0.0319. The van der Waals surface area contributed by atoms with Crippen molar-refractivity contribution in [2.45, 2.75) is 6.61 Å². The molecule has 0 aliphatic rings. The van der Waals surface area contributed by atoms with Crippen LogP contribution in [-0.4, -0.2) is 11.1 Å². The van der Waals surface area contributed by atoms with Crippen LogP contribution in [0.2, 0.25) is 5.02 Å². The first-order chi connectivity index (χ1) is 13.4. The third-order valence-corrected chi connectivity index (χ3v) is 5.32. The first-order valence-corrected chi connectivity index (χ1v) is 10.0. The first kappa shape index (κ1) is 20.5. The van der Waals surface area contributed by atoms with Gasteiger partial charge in [-0.1, -0.05) is 29.8 Å². The van der Waals surface area contributed by atoms with Crippen LogP contribution in [0.25, 0.3) is 0 Å². The lowest BCUT2D eigenvalue weighted by Crippen LogP contribution is -1.98. The first-order valence-electron chi connectivity index (χ1n) is 8.08. The van der Waals surface area contributed by atoms with Crippen molar-refractivity contribution in [1.82, 2.24) is 0 Å². The average molecular weight is 525 g/mol. The minimum Gasteiger partial charge on any atom is -0.486 e. The zero-order valence-corrected chi connectivity index (χ0v) is 18.2. The Kier molecular flexibility index (Phi) is 6.83. The lowest BCUT2D eigenvalue weighted by molar-refractivity contribution is -0.384. The molecule has 8 heteroatoms. The molecule has 0 aromatic heterocycles. The van der Waals surface area contributed by atoms with Crippen LogP contribution in [0.5, 0.6) is 5.75 Å². The van der Waals surface area contributed by atoms with Crippen LogP contribution in [0.4, 0.5) is 11.4 Å². The van der Waals surface area contributed by atoms with E-state index in [1.165, 1.54) is 12.1 Å². The number of aliphatic imine (C=N–C) groups is 1. The zero-order chi connectivity index (χ0) is 20.1. The maximum absolute atomic E-state index is 10.7. The number of hydrogen-bond acceptors (Lipinski definition) is 4. The minimum atomic E-state index is -0.441. The molecule has 0 fully saturated rings. The summed E-state index contributed by atoms with van der Waals surface area (Å²) in [6.45, 7) is 0.340. The highest BCUT2D eigenvalue weighted by atomic mass is 79.9. The van der Waals surface area contributed by atoms with Gasteiger partial charge in [0.1, 0.15) is 12.4 Å². The molecule has 28 heavy (non-hydrogen) atoms. The number of hydrogen-bond donors (Lipinski definition) is 0. The number of halogens is 3. The van der Waals surface area contributed by atoms with E-state index >= 15 is 0 Å². The van der Waals surface area contributed by atoms with Gasteiger partial charge in [0.25, 0.3) is 5.69 Å². The fourth-order valence-electron chi connectivity index (χ4n) is 2.37. The Morgan fingerprint density at radius 3 is 2.32 bits per heavy atom. The largest absolute Gasteiger partial charge is 0.486 e. The predicted molar refractivity (Wildman–Crippen MR) is 118 cm³/mol. The van der Waals surface area contributed by atoms with Crippen molar-refractivity contribution in [2.75, 3.05) is 0 Å². The van der Waals surface area contributed by atoms with Gasteiger partial charge in [0, 0.05) is 28.9 Å². The Labute approximate surface area is 183 Å². The van der Waals surface area contributed by atoms with Crippen molar-refractivity contribution in [1.29, 1.82) is 0 Å². The van der Waals surface area contributed by atoms with E-state index in [-0.39, 0.29) is 5.69 Å². The van der Waals surface area contributed by atoms with E-state index in [4.69, 9.17) is 16.3 Å². The Morgan fingerprint density at radius 2 is 1.71 bits per heavy atom. The number of non-ortho nitro benzene ring substituents is 1. The van der Waals surface area contributed by atoms with E-state index < -0.39 is 4.92 Å². The van der Waals surface area contributed by atoms with Gasteiger partial charge >= 0.3 is 0 Å². The van der Waals surface area contributed by atoms with Crippen molar-refractivity contribution < 1.29 is 9.66 Å². The Morgan fingerprint density at radius 1 is 1.07 bits per heavy atom. The number of ether oxygens (including phenoxy) is 1. The van der Waals surface area contributed by atoms with Gasteiger partial charge in [0.15, 0.2) is 0 Å². The fraction of sp³-hybridized carbons (Fsp3) is 0.0500. The molecule has 0 amide bonds. The average Bonchev–Trinajstić information content (AvgIpc) is 2.67. The highest BCUT2D eigenvalue weighted by Crippen LogP contribution is 2.35. The van der Waals surface area contributed by atoms with Crippen molar-refractivity contribution in [3.8, 4) is 5.75 Å². The Balaban J connectivity index is 1.74. The Bertz CT molecular complexity index is 1020. The molecule has 0 aliphatic carbocycles. The van der Waals surface area contributed by atoms with E-state index in [1.54, 1.807) is 18.3 Å². The van der Waals surface area contributed by atoms with Gasteiger partial charge in [-0.25, -0.2) is 0 Å². The van der Waals surface area contributed by atoms with Crippen LogP contribution in [0.15, 0.2) is 74.6 Å². The molecule has 0 saturated carbocycles. The molecular formula is C20H13Br2ClN2O3. The summed E-state index contributed by atoms with van der Waals surface area (Å²) in [6.07, 6.45) is 1.68. The lowest BCUT2D eigenvalue weighted by atomic mass is 10.2. The van der Waals surface area contributed by atoms with E-state index in [2.05, 4.69) is 36.9 Å². The second-order valence-corrected chi connectivity index (χ2v) is 7.84. The van der Waals surface area contributed by atoms with E-state index in [0.29, 0.717) is 23.1 Å². The van der Waals surface area contributed by atoms with Gasteiger partial charge in [-0.2, -0.15) is 0 Å². The third-order valence-electron chi connectivity index (χ3n) is 3.77. The Hall–Kier alpha value is -2.22. The molecule has 142 valence electrons. The van der Waals surface area contributed by atoms with E-state index in [9.17, 15) is 10.1 Å². The van der Waals surface area contributed by atoms with Crippen LogP contribution in [0.3, 0.4) is 0 Å². The summed E-state index contributed by atoms with van der Waals surface area (Å²) in [5.74, 6) is 0.660. The van der Waals surface area contributed by atoms with Crippen LogP contribution in [-0.2, 0) is 6.61 Å². The van der Waals surface area contributed by atoms with E-state index in [0.717, 1.165) is 20.1 Å². The van der Waals surface area contributed by atoms with Gasteiger partial charge in [0.05, 0.1) is 19.6 Å². The molecule has 0 N–H and O–H groups in total. The van der Waals surface area contributed by atoms with Gasteiger partial charge < -0.3 is 4.74 Å². The smallest absolute Gasteiger partial charge is 0.269 e. The molecule has 0 spiro atoms. The predicted octanol–water partition coefficient (Wildman–Crippen LogP) is 7.10. The molecule has 3 aromatic carbocycles. The van der Waals surface area contributed by atoms with Crippen molar-refractivity contribution in [3.05, 3.63) is 95.9 Å². The summed E-state index contributed by atoms with van der Waals surface area (Å²) in [7, 11) is 0. The standard InChI is InChI=1S/C20H13Br2ClN2O3/c21-17-9-13(11-24-15-5-7-16(8-6-15)25(26)27)10-18(22)20(17)28-12-14-3-1-2-4-19(14)23/h1-11H,12H2.